The van der Waals surface area contributed by atoms with Crippen molar-refractivity contribution in [3.05, 3.63) is 0 Å². The average molecular weight is 207 g/mol. The van der Waals surface area contributed by atoms with Crippen molar-refractivity contribution in [2.45, 2.75) is 53.0 Å². The van der Waals surface area contributed by atoms with Crippen molar-refractivity contribution in [1.82, 2.24) is 4.90 Å². The highest BCUT2D eigenvalue weighted by Crippen LogP contribution is 2.35. The molecule has 2 nitrogen and oxygen atoms in total. The normalized spacial score (nSPS) is 21.1. The number of carbonyl (C=O) groups excluding carboxylic acids is 1. The topological polar surface area (TPSA) is 20.3 Å². The first-order valence-electron chi connectivity index (χ1n) is 5.76. The maximum Gasteiger partial charge on any atom is 0.298 e. The van der Waals surface area contributed by atoms with Gasteiger partial charge in [0.2, 0.25) is 0 Å². The zero-order valence-corrected chi connectivity index (χ0v) is 10.3. The molecule has 0 spiro atoms. The lowest BCUT2D eigenvalue weighted by molar-refractivity contribution is -0.127. The minimum absolute atomic E-state index is 0.00141. The second kappa shape index (κ2) is 4.70. The third kappa shape index (κ3) is 2.53. The predicted octanol–water partition coefficient (Wildman–Crippen LogP) is 2.44. The molecule has 0 saturated carbocycles. The molecule has 1 heterocycles. The maximum atomic E-state index is 11.8. The van der Waals surface area contributed by atoms with Crippen molar-refractivity contribution in [1.29, 1.82) is 0 Å². The summed E-state index contributed by atoms with van der Waals surface area (Å²) < 4.78 is 0. The highest BCUT2D eigenvalue weighted by molar-refractivity contribution is 5.93. The highest BCUT2D eigenvalue weighted by Gasteiger charge is 2.37. The SMILES string of the molecule is CC#CC(=O)N1CCCC1C(C)(C)CC. The van der Waals surface area contributed by atoms with Crippen molar-refractivity contribution in [3.8, 4) is 11.8 Å². The molecule has 1 aliphatic rings. The summed E-state index contributed by atoms with van der Waals surface area (Å²) >= 11 is 0. The molecule has 0 aliphatic carbocycles. The Kier molecular flexibility index (Phi) is 3.79. The first kappa shape index (κ1) is 12.1. The number of rotatable bonds is 2. The van der Waals surface area contributed by atoms with Gasteiger partial charge >= 0.3 is 0 Å². The van der Waals surface area contributed by atoms with Crippen molar-refractivity contribution < 1.29 is 4.79 Å². The van der Waals surface area contributed by atoms with Gasteiger partial charge in [-0.2, -0.15) is 0 Å². The summed E-state index contributed by atoms with van der Waals surface area (Å²) in [4.78, 5) is 13.7. The van der Waals surface area contributed by atoms with E-state index < -0.39 is 0 Å². The molecule has 1 unspecified atom stereocenters. The van der Waals surface area contributed by atoms with E-state index in [0.717, 1.165) is 25.8 Å². The van der Waals surface area contributed by atoms with Gasteiger partial charge in [0.05, 0.1) is 0 Å². The Hall–Kier alpha value is -0.970. The first-order chi connectivity index (χ1) is 7.03. The van der Waals surface area contributed by atoms with E-state index in [1.165, 1.54) is 0 Å². The largest absolute Gasteiger partial charge is 0.328 e. The van der Waals surface area contributed by atoms with E-state index >= 15 is 0 Å². The zero-order valence-electron chi connectivity index (χ0n) is 10.3. The Labute approximate surface area is 93.0 Å². The fourth-order valence-corrected chi connectivity index (χ4v) is 2.24. The van der Waals surface area contributed by atoms with Crippen molar-refractivity contribution >= 4 is 5.91 Å². The van der Waals surface area contributed by atoms with E-state index in [4.69, 9.17) is 0 Å². The van der Waals surface area contributed by atoms with Gasteiger partial charge in [-0.05, 0) is 37.5 Å². The molecule has 84 valence electrons. The zero-order chi connectivity index (χ0) is 11.5. The number of amides is 1. The van der Waals surface area contributed by atoms with Gasteiger partial charge in [-0.25, -0.2) is 0 Å². The van der Waals surface area contributed by atoms with E-state index in [1.54, 1.807) is 6.92 Å². The van der Waals surface area contributed by atoms with Gasteiger partial charge in [-0.3, -0.25) is 4.79 Å². The second-order valence-electron chi connectivity index (χ2n) is 4.87. The molecule has 1 fully saturated rings. The molecule has 0 radical (unpaired) electrons. The molecule has 0 N–H and O–H groups in total. The van der Waals surface area contributed by atoms with Crippen LogP contribution in [0.25, 0.3) is 0 Å². The average Bonchev–Trinajstić information content (AvgIpc) is 2.67. The molecule has 1 amide bonds. The predicted molar refractivity (Wildman–Crippen MR) is 62.3 cm³/mol. The molecule has 2 heteroatoms. The summed E-state index contributed by atoms with van der Waals surface area (Å²) in [5.74, 6) is 5.35. The molecular weight excluding hydrogens is 186 g/mol. The van der Waals surface area contributed by atoms with Crippen LogP contribution < -0.4 is 0 Å². The fourth-order valence-electron chi connectivity index (χ4n) is 2.24. The van der Waals surface area contributed by atoms with Gasteiger partial charge in [0, 0.05) is 12.6 Å². The Morgan fingerprint density at radius 3 is 2.73 bits per heavy atom. The van der Waals surface area contributed by atoms with Crippen LogP contribution in [0.2, 0.25) is 0 Å². The van der Waals surface area contributed by atoms with E-state index in [-0.39, 0.29) is 11.3 Å². The molecule has 1 atom stereocenters. The minimum Gasteiger partial charge on any atom is -0.328 e. The standard InChI is InChI=1S/C13H21NO/c1-5-8-12(15)14-10-7-9-11(14)13(3,4)6-2/h11H,6-7,9-10H2,1-4H3. The van der Waals surface area contributed by atoms with Crippen LogP contribution >= 0.6 is 0 Å². The molecule has 0 aromatic rings. The summed E-state index contributed by atoms with van der Waals surface area (Å²) in [5.41, 5.74) is 0.210. The molecule has 1 aliphatic heterocycles. The van der Waals surface area contributed by atoms with Crippen LogP contribution in [-0.2, 0) is 4.79 Å². The number of carbonyl (C=O) groups is 1. The van der Waals surface area contributed by atoms with Gasteiger partial charge in [0.1, 0.15) is 0 Å². The molecule has 1 rings (SSSR count). The van der Waals surface area contributed by atoms with Gasteiger partial charge < -0.3 is 4.90 Å². The van der Waals surface area contributed by atoms with E-state index in [1.807, 2.05) is 4.90 Å². The maximum absolute atomic E-state index is 11.8. The second-order valence-corrected chi connectivity index (χ2v) is 4.87. The number of hydrogen-bond acceptors (Lipinski definition) is 1. The van der Waals surface area contributed by atoms with E-state index in [0.29, 0.717) is 6.04 Å². The summed E-state index contributed by atoms with van der Waals surface area (Å²) in [6.45, 7) is 9.26. The monoisotopic (exact) mass is 207 g/mol. The number of nitrogens with zero attached hydrogens (tertiary/aromatic N) is 1. The Bertz CT molecular complexity index is 295. The lowest BCUT2D eigenvalue weighted by atomic mass is 9.80. The quantitative estimate of drug-likeness (QED) is 0.637. The van der Waals surface area contributed by atoms with Crippen molar-refractivity contribution in [2.75, 3.05) is 6.54 Å². The van der Waals surface area contributed by atoms with Gasteiger partial charge in [0.25, 0.3) is 5.91 Å². The Morgan fingerprint density at radius 2 is 2.20 bits per heavy atom. The smallest absolute Gasteiger partial charge is 0.298 e. The Balaban J connectivity index is 2.80. The van der Waals surface area contributed by atoms with Crippen LogP contribution in [0, 0.1) is 17.3 Å². The summed E-state index contributed by atoms with van der Waals surface area (Å²) in [6, 6.07) is 0.371. The lowest BCUT2D eigenvalue weighted by Crippen LogP contribution is -2.43. The van der Waals surface area contributed by atoms with Crippen molar-refractivity contribution in [2.24, 2.45) is 5.41 Å². The third-order valence-electron chi connectivity index (χ3n) is 3.56. The molecule has 0 aromatic heterocycles. The molecule has 0 bridgehead atoms. The minimum atomic E-state index is 0.00141. The number of likely N-dealkylation sites (tertiary alicyclic amines) is 1. The summed E-state index contributed by atoms with van der Waals surface area (Å²) in [6.07, 6.45) is 3.34. The van der Waals surface area contributed by atoms with Crippen molar-refractivity contribution in [3.63, 3.8) is 0 Å². The summed E-state index contributed by atoms with van der Waals surface area (Å²) in [5, 5.41) is 0. The molecular formula is C13H21NO. The molecule has 1 saturated heterocycles. The van der Waals surface area contributed by atoms with Crippen LogP contribution in [0.4, 0.5) is 0 Å². The van der Waals surface area contributed by atoms with Gasteiger partial charge in [-0.15, -0.1) is 0 Å². The van der Waals surface area contributed by atoms with Crippen LogP contribution in [0.1, 0.15) is 47.0 Å². The van der Waals surface area contributed by atoms with Crippen LogP contribution in [0.5, 0.6) is 0 Å². The fraction of sp³-hybridized carbons (Fsp3) is 0.769. The molecule has 15 heavy (non-hydrogen) atoms. The van der Waals surface area contributed by atoms with Crippen LogP contribution in [0.15, 0.2) is 0 Å². The Morgan fingerprint density at radius 1 is 1.53 bits per heavy atom. The third-order valence-corrected chi connectivity index (χ3v) is 3.56. The molecule has 0 aromatic carbocycles. The highest BCUT2D eigenvalue weighted by atomic mass is 16.2. The number of hydrogen-bond donors (Lipinski definition) is 0. The lowest BCUT2D eigenvalue weighted by Gasteiger charge is -2.36. The van der Waals surface area contributed by atoms with E-state index in [9.17, 15) is 4.79 Å². The summed E-state index contributed by atoms with van der Waals surface area (Å²) in [7, 11) is 0. The first-order valence-corrected chi connectivity index (χ1v) is 5.76. The van der Waals surface area contributed by atoms with Crippen LogP contribution in [0.3, 0.4) is 0 Å². The van der Waals surface area contributed by atoms with Gasteiger partial charge in [-0.1, -0.05) is 26.7 Å². The van der Waals surface area contributed by atoms with Crippen LogP contribution in [-0.4, -0.2) is 23.4 Å². The van der Waals surface area contributed by atoms with Gasteiger partial charge in [0.15, 0.2) is 0 Å². The van der Waals surface area contributed by atoms with E-state index in [2.05, 4.69) is 32.6 Å².